The number of piperazine rings is 1. The van der Waals surface area contributed by atoms with Gasteiger partial charge in [-0.3, -0.25) is 0 Å². The van der Waals surface area contributed by atoms with Gasteiger partial charge in [0.2, 0.25) is 0 Å². The highest BCUT2D eigenvalue weighted by atomic mass is 35.5. The van der Waals surface area contributed by atoms with Crippen molar-refractivity contribution in [2.75, 3.05) is 31.1 Å². The molecule has 0 radical (unpaired) electrons. The van der Waals surface area contributed by atoms with Crippen LogP contribution in [-0.2, 0) is 10.0 Å². The number of nitrogens with zero attached hydrogens (tertiary/aromatic N) is 3. The van der Waals surface area contributed by atoms with Gasteiger partial charge in [-0.2, -0.15) is 8.42 Å². The van der Waals surface area contributed by atoms with Crippen molar-refractivity contribution in [3.05, 3.63) is 69.2 Å². The summed E-state index contributed by atoms with van der Waals surface area (Å²) < 4.78 is 30.0. The summed E-state index contributed by atoms with van der Waals surface area (Å²) in [5.41, 5.74) is 5.96. The summed E-state index contributed by atoms with van der Waals surface area (Å²) in [5.74, 6) is 0.575. The maximum Gasteiger partial charge on any atom is 0.285 e. The summed E-state index contributed by atoms with van der Waals surface area (Å²) >= 11 is 6.18. The molecule has 158 valence electrons. The Kier molecular flexibility index (Phi) is 5.41. The lowest BCUT2D eigenvalue weighted by atomic mass is 10.0. The monoisotopic (exact) mass is 443 g/mol. The molecule has 0 spiro atoms. The Morgan fingerprint density at radius 1 is 0.833 bits per heavy atom. The highest BCUT2D eigenvalue weighted by molar-refractivity contribution is 8.00. The first-order valence-electron chi connectivity index (χ1n) is 10.1. The number of amidine groups is 1. The minimum Gasteiger partial charge on any atom is -0.368 e. The van der Waals surface area contributed by atoms with Crippen LogP contribution < -0.4 is 4.90 Å². The van der Waals surface area contributed by atoms with Crippen molar-refractivity contribution in [2.45, 2.75) is 27.7 Å². The fourth-order valence-corrected chi connectivity index (χ4v) is 5.79. The lowest BCUT2D eigenvalue weighted by Gasteiger charge is -2.38. The van der Waals surface area contributed by atoms with Crippen molar-refractivity contribution < 1.29 is 8.42 Å². The molecule has 2 aliphatic heterocycles. The Labute approximate surface area is 183 Å². The SMILES string of the molecule is CC1=C(c2ccc(C)c(C)c2)S(=O)(=O)N=C1N1CCN(c2cc(Cl)ccc2C)CC1. The van der Waals surface area contributed by atoms with E-state index < -0.39 is 10.0 Å². The van der Waals surface area contributed by atoms with E-state index in [0.29, 0.717) is 29.4 Å². The van der Waals surface area contributed by atoms with E-state index in [-0.39, 0.29) is 0 Å². The molecule has 4 rings (SSSR count). The van der Waals surface area contributed by atoms with Gasteiger partial charge in [-0.25, -0.2) is 0 Å². The van der Waals surface area contributed by atoms with Gasteiger partial charge in [0, 0.05) is 42.5 Å². The van der Waals surface area contributed by atoms with Gasteiger partial charge >= 0.3 is 0 Å². The first-order chi connectivity index (χ1) is 14.2. The Morgan fingerprint density at radius 2 is 1.47 bits per heavy atom. The van der Waals surface area contributed by atoms with E-state index in [1.165, 1.54) is 5.56 Å². The number of hydrogen-bond acceptors (Lipinski definition) is 4. The van der Waals surface area contributed by atoms with Crippen LogP contribution in [0.4, 0.5) is 5.69 Å². The summed E-state index contributed by atoms with van der Waals surface area (Å²) in [6, 6.07) is 11.7. The van der Waals surface area contributed by atoms with E-state index in [1.807, 2.05) is 57.2 Å². The lowest BCUT2D eigenvalue weighted by molar-refractivity contribution is 0.386. The van der Waals surface area contributed by atoms with E-state index in [4.69, 9.17) is 11.6 Å². The van der Waals surface area contributed by atoms with Crippen molar-refractivity contribution >= 4 is 38.1 Å². The third-order valence-corrected chi connectivity index (χ3v) is 7.71. The van der Waals surface area contributed by atoms with E-state index in [0.717, 1.165) is 40.5 Å². The van der Waals surface area contributed by atoms with E-state index in [2.05, 4.69) is 21.1 Å². The van der Waals surface area contributed by atoms with Crippen LogP contribution in [0, 0.1) is 20.8 Å². The van der Waals surface area contributed by atoms with Gasteiger partial charge in [0.15, 0.2) is 0 Å². The van der Waals surface area contributed by atoms with Gasteiger partial charge in [-0.15, -0.1) is 4.40 Å². The first-order valence-corrected chi connectivity index (χ1v) is 11.9. The van der Waals surface area contributed by atoms with Crippen molar-refractivity contribution in [1.29, 1.82) is 0 Å². The number of benzene rings is 2. The van der Waals surface area contributed by atoms with Crippen molar-refractivity contribution in [3.63, 3.8) is 0 Å². The Hall–Kier alpha value is -2.31. The van der Waals surface area contributed by atoms with Gasteiger partial charge in [0.05, 0.1) is 0 Å². The number of halogens is 1. The van der Waals surface area contributed by atoms with E-state index in [1.54, 1.807) is 0 Å². The molecule has 2 aromatic carbocycles. The van der Waals surface area contributed by atoms with Crippen molar-refractivity contribution in [3.8, 4) is 0 Å². The Balaban J connectivity index is 1.59. The fraction of sp³-hybridized carbons (Fsp3) is 0.348. The van der Waals surface area contributed by atoms with Gasteiger partial charge < -0.3 is 9.80 Å². The Bertz CT molecular complexity index is 1180. The fourth-order valence-electron chi connectivity index (χ4n) is 4.15. The predicted octanol–water partition coefficient (Wildman–Crippen LogP) is 4.56. The quantitative estimate of drug-likeness (QED) is 0.682. The summed E-state index contributed by atoms with van der Waals surface area (Å²) in [6.45, 7) is 10.9. The molecule has 0 bridgehead atoms. The summed E-state index contributed by atoms with van der Waals surface area (Å²) in [7, 11) is -3.70. The summed E-state index contributed by atoms with van der Waals surface area (Å²) in [5, 5.41) is 0.723. The number of anilines is 1. The largest absolute Gasteiger partial charge is 0.368 e. The summed E-state index contributed by atoms with van der Waals surface area (Å²) in [4.78, 5) is 4.70. The zero-order valence-electron chi connectivity index (χ0n) is 17.7. The molecule has 2 aromatic rings. The molecule has 2 aliphatic rings. The highest BCUT2D eigenvalue weighted by Gasteiger charge is 2.34. The van der Waals surface area contributed by atoms with Crippen molar-refractivity contribution in [1.82, 2.24) is 4.90 Å². The van der Waals surface area contributed by atoms with Gasteiger partial charge in [-0.05, 0) is 62.1 Å². The maximum absolute atomic E-state index is 12.9. The van der Waals surface area contributed by atoms with Crippen molar-refractivity contribution in [2.24, 2.45) is 4.40 Å². The number of hydrogen-bond donors (Lipinski definition) is 0. The topological polar surface area (TPSA) is 53.0 Å². The molecule has 30 heavy (non-hydrogen) atoms. The highest BCUT2D eigenvalue weighted by Crippen LogP contribution is 2.35. The van der Waals surface area contributed by atoms with E-state index in [9.17, 15) is 8.42 Å². The van der Waals surface area contributed by atoms with Gasteiger partial charge in [0.1, 0.15) is 10.7 Å². The molecule has 0 unspecified atom stereocenters. The maximum atomic E-state index is 12.9. The van der Waals surface area contributed by atoms with Crippen LogP contribution in [0.3, 0.4) is 0 Å². The molecule has 0 amide bonds. The van der Waals surface area contributed by atoms with Gasteiger partial charge in [-0.1, -0.05) is 35.9 Å². The molecule has 5 nitrogen and oxygen atoms in total. The second kappa shape index (κ2) is 7.75. The second-order valence-corrected chi connectivity index (χ2v) is 10.0. The normalized spacial score (nSPS) is 18.8. The lowest BCUT2D eigenvalue weighted by Crippen LogP contribution is -2.49. The number of aryl methyl sites for hydroxylation is 3. The smallest absolute Gasteiger partial charge is 0.285 e. The van der Waals surface area contributed by atoms with Crippen LogP contribution in [0.2, 0.25) is 5.02 Å². The molecule has 0 aromatic heterocycles. The van der Waals surface area contributed by atoms with Crippen LogP contribution in [0.5, 0.6) is 0 Å². The molecule has 2 heterocycles. The Morgan fingerprint density at radius 3 is 2.13 bits per heavy atom. The second-order valence-electron chi connectivity index (χ2n) is 8.05. The molecule has 0 atom stereocenters. The first kappa shape index (κ1) is 20.9. The molecule has 0 saturated carbocycles. The standard InChI is InChI=1S/C23H26ClN3O2S/c1-15-5-7-19(13-17(15)3)22-18(4)23(25-30(22,28)29)27-11-9-26(10-12-27)21-14-20(24)8-6-16(21)2/h5-8,13-14H,9-12H2,1-4H3. The molecular weight excluding hydrogens is 418 g/mol. The molecule has 7 heteroatoms. The number of rotatable bonds is 2. The third kappa shape index (κ3) is 3.74. The van der Waals surface area contributed by atoms with Crippen LogP contribution in [0.25, 0.3) is 4.91 Å². The predicted molar refractivity (Wildman–Crippen MR) is 125 cm³/mol. The van der Waals surface area contributed by atoms with Crippen LogP contribution in [-0.4, -0.2) is 45.3 Å². The van der Waals surface area contributed by atoms with E-state index >= 15 is 0 Å². The molecular formula is C23H26ClN3O2S. The van der Waals surface area contributed by atoms with Crippen LogP contribution in [0.1, 0.15) is 29.2 Å². The molecule has 0 aliphatic carbocycles. The number of sulfonamides is 1. The molecule has 0 N–H and O–H groups in total. The summed E-state index contributed by atoms with van der Waals surface area (Å²) in [6.07, 6.45) is 0. The average molecular weight is 444 g/mol. The van der Waals surface area contributed by atoms with Crippen LogP contribution >= 0.6 is 11.6 Å². The van der Waals surface area contributed by atoms with Crippen LogP contribution in [0.15, 0.2) is 46.4 Å². The zero-order chi connectivity index (χ0) is 21.6. The third-order valence-electron chi connectivity index (χ3n) is 6.00. The minimum atomic E-state index is -3.70. The average Bonchev–Trinajstić information content (AvgIpc) is 2.95. The van der Waals surface area contributed by atoms with Gasteiger partial charge in [0.25, 0.3) is 10.0 Å². The molecule has 1 fully saturated rings. The molecule has 1 saturated heterocycles. The minimum absolute atomic E-state index is 0.328. The zero-order valence-corrected chi connectivity index (χ0v) is 19.3.